The normalized spacial score (nSPS) is 16.5. The lowest BCUT2D eigenvalue weighted by atomic mass is 9.97. The number of imide groups is 1. The van der Waals surface area contributed by atoms with Crippen LogP contribution in [0.5, 0.6) is 0 Å². The highest BCUT2D eigenvalue weighted by Gasteiger charge is 2.17. The van der Waals surface area contributed by atoms with Gasteiger partial charge in [-0.1, -0.05) is 6.92 Å². The highest BCUT2D eigenvalue weighted by atomic mass is 16.2. The number of hydrogen-bond donors (Lipinski definition) is 3. The summed E-state index contributed by atoms with van der Waals surface area (Å²) in [5.41, 5.74) is 4.92. The van der Waals surface area contributed by atoms with Crippen molar-refractivity contribution in [3.05, 3.63) is 0 Å². The minimum Gasteiger partial charge on any atom is -0.351 e. The molecule has 0 atom stereocenters. The number of urea groups is 1. The number of nitrogens with two attached hydrogens (primary N) is 1. The van der Waals surface area contributed by atoms with Gasteiger partial charge in [0.1, 0.15) is 0 Å². The number of amides is 3. The second kappa shape index (κ2) is 8.87. The number of piperidine rings is 1. The lowest BCUT2D eigenvalue weighted by molar-refractivity contribution is -0.120. The van der Waals surface area contributed by atoms with E-state index < -0.39 is 6.03 Å². The molecule has 6 nitrogen and oxygen atoms in total. The first-order valence-electron chi connectivity index (χ1n) is 7.14. The first-order valence-corrected chi connectivity index (χ1v) is 7.14. The van der Waals surface area contributed by atoms with Gasteiger partial charge in [0.2, 0.25) is 5.91 Å². The van der Waals surface area contributed by atoms with Crippen molar-refractivity contribution in [2.24, 2.45) is 11.7 Å². The standard InChI is InChI=1S/C13H26N4O2/c1-2-8-17(9-5-12(18)16-13(14)19)10-11-3-6-15-7-4-11/h11,15H,2-10H2,1H3,(H3,14,16,18,19). The van der Waals surface area contributed by atoms with Gasteiger partial charge in [-0.25, -0.2) is 4.79 Å². The zero-order valence-corrected chi connectivity index (χ0v) is 11.8. The summed E-state index contributed by atoms with van der Waals surface area (Å²) in [7, 11) is 0. The largest absolute Gasteiger partial charge is 0.351 e. The minimum absolute atomic E-state index is 0.293. The number of nitrogens with one attached hydrogen (secondary N) is 2. The zero-order valence-electron chi connectivity index (χ0n) is 11.8. The number of carbonyl (C=O) groups excluding carboxylic acids is 2. The van der Waals surface area contributed by atoms with Crippen LogP contribution in [0.1, 0.15) is 32.6 Å². The maximum Gasteiger partial charge on any atom is 0.318 e. The van der Waals surface area contributed by atoms with Crippen LogP contribution in [0.15, 0.2) is 0 Å². The number of rotatable bonds is 7. The molecule has 4 N–H and O–H groups in total. The lowest BCUT2D eigenvalue weighted by Gasteiger charge is -2.29. The predicted octanol–water partition coefficient (Wildman–Crippen LogP) is 0.283. The van der Waals surface area contributed by atoms with Crippen LogP contribution in [0.2, 0.25) is 0 Å². The molecule has 0 radical (unpaired) electrons. The summed E-state index contributed by atoms with van der Waals surface area (Å²) in [5.74, 6) is 0.422. The molecule has 0 bridgehead atoms. The molecule has 0 unspecified atom stereocenters. The Morgan fingerprint density at radius 3 is 2.58 bits per heavy atom. The summed E-state index contributed by atoms with van der Waals surface area (Å²) in [6, 6.07) is -0.773. The summed E-state index contributed by atoms with van der Waals surface area (Å²) in [4.78, 5) is 24.3. The third-order valence-electron chi connectivity index (χ3n) is 3.43. The van der Waals surface area contributed by atoms with Gasteiger partial charge >= 0.3 is 6.03 Å². The Labute approximate surface area is 115 Å². The van der Waals surface area contributed by atoms with Crippen LogP contribution in [-0.2, 0) is 4.79 Å². The van der Waals surface area contributed by atoms with E-state index >= 15 is 0 Å². The molecule has 0 saturated carbocycles. The Hall–Kier alpha value is -1.14. The van der Waals surface area contributed by atoms with E-state index in [1.54, 1.807) is 0 Å². The van der Waals surface area contributed by atoms with Crippen LogP contribution in [0.25, 0.3) is 0 Å². The van der Waals surface area contributed by atoms with Gasteiger partial charge in [0.15, 0.2) is 0 Å². The van der Waals surface area contributed by atoms with Crippen LogP contribution in [0, 0.1) is 5.92 Å². The van der Waals surface area contributed by atoms with Crippen LogP contribution >= 0.6 is 0 Å². The molecule has 3 amide bonds. The molecule has 0 aromatic carbocycles. The van der Waals surface area contributed by atoms with Crippen LogP contribution < -0.4 is 16.4 Å². The Bertz CT molecular complexity index is 290. The average molecular weight is 270 g/mol. The third-order valence-corrected chi connectivity index (χ3v) is 3.43. The quantitative estimate of drug-likeness (QED) is 0.620. The molecule has 0 aliphatic carbocycles. The summed E-state index contributed by atoms with van der Waals surface area (Å²) in [6.45, 7) is 7.04. The van der Waals surface area contributed by atoms with Gasteiger partial charge in [-0.2, -0.15) is 0 Å². The van der Waals surface area contributed by atoms with Crippen molar-refractivity contribution in [3.63, 3.8) is 0 Å². The van der Waals surface area contributed by atoms with Gasteiger partial charge in [0.25, 0.3) is 0 Å². The molecule has 0 spiro atoms. The maximum atomic E-state index is 11.4. The van der Waals surface area contributed by atoms with E-state index in [2.05, 4.69) is 22.5 Å². The third kappa shape index (κ3) is 7.12. The molecule has 1 fully saturated rings. The SMILES string of the molecule is CCCN(CCC(=O)NC(N)=O)CC1CCNCC1. The number of nitrogens with zero attached hydrogens (tertiary/aromatic N) is 1. The molecular formula is C13H26N4O2. The van der Waals surface area contributed by atoms with Crippen LogP contribution in [0.3, 0.4) is 0 Å². The van der Waals surface area contributed by atoms with Crippen LogP contribution in [-0.4, -0.2) is 49.6 Å². The molecule has 1 saturated heterocycles. The Morgan fingerprint density at radius 1 is 1.32 bits per heavy atom. The van der Waals surface area contributed by atoms with Gasteiger partial charge in [0.05, 0.1) is 0 Å². The second-order valence-electron chi connectivity index (χ2n) is 5.16. The summed E-state index contributed by atoms with van der Waals surface area (Å²) < 4.78 is 0. The molecule has 1 aliphatic rings. The van der Waals surface area contributed by atoms with Gasteiger partial charge in [-0.3, -0.25) is 10.1 Å². The summed E-state index contributed by atoms with van der Waals surface area (Å²) in [6.07, 6.45) is 3.80. The van der Waals surface area contributed by atoms with Crippen molar-refractivity contribution in [1.29, 1.82) is 0 Å². The smallest absolute Gasteiger partial charge is 0.318 e. The number of primary amides is 1. The molecule has 1 heterocycles. The highest BCUT2D eigenvalue weighted by molar-refractivity contribution is 5.93. The first-order chi connectivity index (χ1) is 9.11. The van der Waals surface area contributed by atoms with E-state index in [9.17, 15) is 9.59 Å². The Kier molecular flexibility index (Phi) is 7.43. The highest BCUT2D eigenvalue weighted by Crippen LogP contribution is 2.13. The molecule has 110 valence electrons. The maximum absolute atomic E-state index is 11.4. The Balaban J connectivity index is 2.30. The van der Waals surface area contributed by atoms with E-state index in [1.807, 2.05) is 0 Å². The van der Waals surface area contributed by atoms with E-state index in [4.69, 9.17) is 5.73 Å². The van der Waals surface area contributed by atoms with Gasteiger partial charge in [-0.05, 0) is 44.8 Å². The van der Waals surface area contributed by atoms with Crippen molar-refractivity contribution in [1.82, 2.24) is 15.5 Å². The van der Waals surface area contributed by atoms with Crippen molar-refractivity contribution in [2.75, 3.05) is 32.7 Å². The fourth-order valence-electron chi connectivity index (χ4n) is 2.50. The van der Waals surface area contributed by atoms with Crippen LogP contribution in [0.4, 0.5) is 4.79 Å². The molecular weight excluding hydrogens is 244 g/mol. The van der Waals surface area contributed by atoms with Gasteiger partial charge in [0, 0.05) is 19.5 Å². The minimum atomic E-state index is -0.773. The fourth-order valence-corrected chi connectivity index (χ4v) is 2.50. The molecule has 0 aromatic heterocycles. The van der Waals surface area contributed by atoms with Gasteiger partial charge in [-0.15, -0.1) is 0 Å². The zero-order chi connectivity index (χ0) is 14.1. The predicted molar refractivity (Wildman–Crippen MR) is 74.7 cm³/mol. The van der Waals surface area contributed by atoms with Crippen molar-refractivity contribution in [2.45, 2.75) is 32.6 Å². The number of carbonyl (C=O) groups is 2. The van der Waals surface area contributed by atoms with Gasteiger partial charge < -0.3 is 16.0 Å². The molecule has 0 aromatic rings. The van der Waals surface area contributed by atoms with E-state index in [1.165, 1.54) is 12.8 Å². The summed E-state index contributed by atoms with van der Waals surface area (Å²) in [5, 5.41) is 5.46. The van der Waals surface area contributed by atoms with Crippen molar-refractivity contribution >= 4 is 11.9 Å². The van der Waals surface area contributed by atoms with Crippen molar-refractivity contribution < 1.29 is 9.59 Å². The number of hydrogen-bond acceptors (Lipinski definition) is 4. The van der Waals surface area contributed by atoms with Crippen molar-refractivity contribution in [3.8, 4) is 0 Å². The first kappa shape index (κ1) is 15.9. The topological polar surface area (TPSA) is 87.5 Å². The molecule has 1 aliphatic heterocycles. The second-order valence-corrected chi connectivity index (χ2v) is 5.16. The lowest BCUT2D eigenvalue weighted by Crippen LogP contribution is -2.40. The molecule has 1 rings (SSSR count). The fraction of sp³-hybridized carbons (Fsp3) is 0.846. The summed E-state index contributed by atoms with van der Waals surface area (Å²) >= 11 is 0. The monoisotopic (exact) mass is 270 g/mol. The van der Waals surface area contributed by atoms with E-state index in [0.717, 1.165) is 32.6 Å². The molecule has 6 heteroatoms. The average Bonchev–Trinajstić information content (AvgIpc) is 2.37. The van der Waals surface area contributed by atoms with E-state index in [-0.39, 0.29) is 5.91 Å². The van der Waals surface area contributed by atoms with E-state index in [0.29, 0.717) is 18.9 Å². The Morgan fingerprint density at radius 2 is 2.00 bits per heavy atom. The molecule has 19 heavy (non-hydrogen) atoms.